The van der Waals surface area contributed by atoms with Crippen LogP contribution >= 0.6 is 0 Å². The first-order valence-corrected chi connectivity index (χ1v) is 6.58. The quantitative estimate of drug-likeness (QED) is 0.796. The van der Waals surface area contributed by atoms with Crippen LogP contribution < -0.4 is 5.32 Å². The van der Waals surface area contributed by atoms with E-state index in [2.05, 4.69) is 20.5 Å². The third kappa shape index (κ3) is 2.98. The summed E-state index contributed by atoms with van der Waals surface area (Å²) < 4.78 is 15.1. The lowest BCUT2D eigenvalue weighted by atomic mass is 10.2. The van der Waals surface area contributed by atoms with Gasteiger partial charge in [0.15, 0.2) is 11.5 Å². The number of carbonyl (C=O) groups is 1. The zero-order valence-corrected chi connectivity index (χ0v) is 11.5. The number of nitrogens with zero attached hydrogens (tertiary/aromatic N) is 4. The molecule has 3 aromatic rings. The third-order valence-corrected chi connectivity index (χ3v) is 3.05. The Kier molecular flexibility index (Phi) is 3.86. The fraction of sp³-hybridized carbons (Fsp3) is 0.0667. The van der Waals surface area contributed by atoms with Crippen LogP contribution in [-0.2, 0) is 6.54 Å². The van der Waals surface area contributed by atoms with Gasteiger partial charge in [0.05, 0.1) is 0 Å². The summed E-state index contributed by atoms with van der Waals surface area (Å²) >= 11 is 0. The van der Waals surface area contributed by atoms with Crippen molar-refractivity contribution in [3.8, 4) is 5.82 Å². The van der Waals surface area contributed by atoms with E-state index in [9.17, 15) is 9.18 Å². The van der Waals surface area contributed by atoms with Crippen molar-refractivity contribution in [3.05, 3.63) is 72.2 Å². The molecular weight excluding hydrogens is 285 g/mol. The van der Waals surface area contributed by atoms with Crippen LogP contribution in [0, 0.1) is 5.82 Å². The zero-order chi connectivity index (χ0) is 15.4. The molecule has 3 rings (SSSR count). The molecule has 0 aliphatic carbocycles. The van der Waals surface area contributed by atoms with Crippen molar-refractivity contribution in [2.24, 2.45) is 0 Å². The van der Waals surface area contributed by atoms with Crippen molar-refractivity contribution >= 4 is 5.91 Å². The number of rotatable bonds is 4. The molecule has 0 bridgehead atoms. The summed E-state index contributed by atoms with van der Waals surface area (Å²) in [5.41, 5.74) is 0.582. The van der Waals surface area contributed by atoms with Gasteiger partial charge in [-0.2, -0.15) is 0 Å². The first-order chi connectivity index (χ1) is 10.7. The minimum Gasteiger partial charge on any atom is -0.346 e. The molecule has 0 radical (unpaired) electrons. The lowest BCUT2D eigenvalue weighted by molar-refractivity contribution is 0.0944. The lowest BCUT2D eigenvalue weighted by Gasteiger charge is -2.06. The maximum atomic E-state index is 13.5. The smallest absolute Gasteiger partial charge is 0.272 e. The Bertz CT molecular complexity index is 771. The predicted octanol–water partition coefficient (Wildman–Crippen LogP) is 1.73. The molecule has 6 nitrogen and oxygen atoms in total. The van der Waals surface area contributed by atoms with Gasteiger partial charge in [-0.15, -0.1) is 10.2 Å². The monoisotopic (exact) mass is 297 g/mol. The maximum Gasteiger partial charge on any atom is 0.272 e. The number of nitrogens with one attached hydrogen (secondary N) is 1. The second-order valence-electron chi connectivity index (χ2n) is 4.52. The molecule has 0 aliphatic rings. The Morgan fingerprint density at radius 1 is 1.18 bits per heavy atom. The van der Waals surface area contributed by atoms with E-state index in [1.54, 1.807) is 53.6 Å². The van der Waals surface area contributed by atoms with Gasteiger partial charge in [0.2, 0.25) is 0 Å². The zero-order valence-electron chi connectivity index (χ0n) is 11.5. The van der Waals surface area contributed by atoms with Crippen molar-refractivity contribution in [1.29, 1.82) is 0 Å². The van der Waals surface area contributed by atoms with Gasteiger partial charge in [0.1, 0.15) is 12.1 Å². The van der Waals surface area contributed by atoms with E-state index in [1.165, 1.54) is 6.07 Å². The second kappa shape index (κ2) is 6.13. The maximum absolute atomic E-state index is 13.5. The number of amides is 1. The van der Waals surface area contributed by atoms with E-state index in [-0.39, 0.29) is 18.1 Å². The molecule has 7 heteroatoms. The molecule has 0 unspecified atom stereocenters. The average molecular weight is 297 g/mol. The van der Waals surface area contributed by atoms with Gasteiger partial charge in [-0.05, 0) is 18.2 Å². The summed E-state index contributed by atoms with van der Waals surface area (Å²) in [4.78, 5) is 15.9. The van der Waals surface area contributed by atoms with Crippen LogP contribution in [0.5, 0.6) is 0 Å². The molecule has 1 aromatic carbocycles. The van der Waals surface area contributed by atoms with Crippen LogP contribution in [0.1, 0.15) is 16.1 Å². The summed E-state index contributed by atoms with van der Waals surface area (Å²) in [7, 11) is 0. The van der Waals surface area contributed by atoms with E-state index < -0.39 is 5.91 Å². The van der Waals surface area contributed by atoms with Gasteiger partial charge in [-0.3, -0.25) is 9.36 Å². The molecule has 110 valence electrons. The highest BCUT2D eigenvalue weighted by Crippen LogP contribution is 2.06. The van der Waals surface area contributed by atoms with Crippen LogP contribution in [-0.4, -0.2) is 25.7 Å². The molecule has 0 aliphatic heterocycles. The molecule has 0 atom stereocenters. The van der Waals surface area contributed by atoms with Crippen LogP contribution in [0.3, 0.4) is 0 Å². The summed E-state index contributed by atoms with van der Waals surface area (Å²) in [6, 6.07) is 9.49. The Morgan fingerprint density at radius 2 is 2.05 bits per heavy atom. The van der Waals surface area contributed by atoms with Crippen molar-refractivity contribution in [2.45, 2.75) is 6.54 Å². The summed E-state index contributed by atoms with van der Waals surface area (Å²) in [6.45, 7) is 0.0937. The number of benzene rings is 1. The summed E-state index contributed by atoms with van der Waals surface area (Å²) in [6.07, 6.45) is 4.93. The normalized spacial score (nSPS) is 10.4. The summed E-state index contributed by atoms with van der Waals surface area (Å²) in [5.74, 6) is -0.208. The van der Waals surface area contributed by atoms with Crippen LogP contribution in [0.4, 0.5) is 4.39 Å². The standard InChI is InChI=1S/C15H12FN5O/c16-12-4-2-1-3-11(12)9-18-15(22)13-5-6-14(20-19-13)21-8-7-17-10-21/h1-8,10H,9H2,(H,18,22). The number of aromatic nitrogens is 4. The van der Waals surface area contributed by atoms with E-state index in [0.717, 1.165) is 0 Å². The highest BCUT2D eigenvalue weighted by molar-refractivity contribution is 5.92. The predicted molar refractivity (Wildman–Crippen MR) is 76.7 cm³/mol. The molecular formula is C15H12FN5O. The molecule has 1 N–H and O–H groups in total. The summed E-state index contributed by atoms with van der Waals surface area (Å²) in [5, 5.41) is 10.4. The second-order valence-corrected chi connectivity index (χ2v) is 4.52. The van der Waals surface area contributed by atoms with Gasteiger partial charge in [-0.1, -0.05) is 18.2 Å². The fourth-order valence-electron chi connectivity index (χ4n) is 1.89. The molecule has 1 amide bonds. The molecule has 0 saturated heterocycles. The Hall–Kier alpha value is -3.09. The highest BCUT2D eigenvalue weighted by atomic mass is 19.1. The average Bonchev–Trinajstić information content (AvgIpc) is 3.08. The minimum atomic E-state index is -0.409. The molecule has 0 spiro atoms. The van der Waals surface area contributed by atoms with Gasteiger partial charge in [0, 0.05) is 24.5 Å². The van der Waals surface area contributed by atoms with Crippen molar-refractivity contribution in [1.82, 2.24) is 25.1 Å². The Balaban J connectivity index is 1.67. The third-order valence-electron chi connectivity index (χ3n) is 3.05. The minimum absolute atomic E-state index is 0.0937. The van der Waals surface area contributed by atoms with Gasteiger partial charge >= 0.3 is 0 Å². The lowest BCUT2D eigenvalue weighted by Crippen LogP contribution is -2.24. The molecule has 0 fully saturated rings. The van der Waals surface area contributed by atoms with E-state index >= 15 is 0 Å². The molecule has 2 heterocycles. The first kappa shape index (κ1) is 13.9. The van der Waals surface area contributed by atoms with Crippen LogP contribution in [0.15, 0.2) is 55.1 Å². The fourth-order valence-corrected chi connectivity index (χ4v) is 1.89. The van der Waals surface area contributed by atoms with Crippen molar-refractivity contribution in [2.75, 3.05) is 0 Å². The van der Waals surface area contributed by atoms with E-state index in [0.29, 0.717) is 11.4 Å². The number of imidazole rings is 1. The van der Waals surface area contributed by atoms with Crippen LogP contribution in [0.2, 0.25) is 0 Å². The first-order valence-electron chi connectivity index (χ1n) is 6.58. The van der Waals surface area contributed by atoms with Gasteiger partial charge in [-0.25, -0.2) is 9.37 Å². The number of carbonyl (C=O) groups excluding carboxylic acids is 1. The number of halogens is 1. The van der Waals surface area contributed by atoms with Crippen molar-refractivity contribution in [3.63, 3.8) is 0 Å². The largest absolute Gasteiger partial charge is 0.346 e. The van der Waals surface area contributed by atoms with Crippen molar-refractivity contribution < 1.29 is 9.18 Å². The molecule has 0 saturated carbocycles. The number of hydrogen-bond acceptors (Lipinski definition) is 4. The van der Waals surface area contributed by atoms with E-state index in [1.807, 2.05) is 0 Å². The van der Waals surface area contributed by atoms with Gasteiger partial charge in [0.25, 0.3) is 5.91 Å². The van der Waals surface area contributed by atoms with Crippen LogP contribution in [0.25, 0.3) is 5.82 Å². The number of hydrogen-bond donors (Lipinski definition) is 1. The van der Waals surface area contributed by atoms with E-state index in [4.69, 9.17) is 0 Å². The Labute approximate surface area is 125 Å². The Morgan fingerprint density at radius 3 is 2.73 bits per heavy atom. The highest BCUT2D eigenvalue weighted by Gasteiger charge is 2.09. The SMILES string of the molecule is O=C(NCc1ccccc1F)c1ccc(-n2ccnc2)nn1. The molecule has 22 heavy (non-hydrogen) atoms. The van der Waals surface area contributed by atoms with Gasteiger partial charge < -0.3 is 5.32 Å². The molecule has 2 aromatic heterocycles. The topological polar surface area (TPSA) is 72.7 Å².